The fourth-order valence-electron chi connectivity index (χ4n) is 4.46. The summed E-state index contributed by atoms with van der Waals surface area (Å²) in [7, 11) is 0. The van der Waals surface area contributed by atoms with Gasteiger partial charge in [0.1, 0.15) is 18.0 Å². The highest BCUT2D eigenvalue weighted by atomic mass is 16.6. The summed E-state index contributed by atoms with van der Waals surface area (Å²) in [6, 6.07) is 14.1. The van der Waals surface area contributed by atoms with Crippen LogP contribution in [0.1, 0.15) is 69.6 Å². The second-order valence-corrected chi connectivity index (χ2v) is 12.1. The predicted octanol–water partition coefficient (Wildman–Crippen LogP) is 5.05. The maximum atomic E-state index is 12.8. The van der Waals surface area contributed by atoms with Crippen molar-refractivity contribution in [2.24, 2.45) is 10.9 Å². The normalized spacial score (nSPS) is 12.5. The molecule has 10 heteroatoms. The van der Waals surface area contributed by atoms with Crippen molar-refractivity contribution < 1.29 is 19.0 Å². The van der Waals surface area contributed by atoms with E-state index in [1.54, 1.807) is 25.6 Å². The molecule has 2 aromatic carbocycles. The van der Waals surface area contributed by atoms with Gasteiger partial charge in [-0.3, -0.25) is 4.90 Å². The third-order valence-corrected chi connectivity index (χ3v) is 6.60. The number of esters is 1. The lowest BCUT2D eigenvalue weighted by Gasteiger charge is -2.30. The average molecular weight is 579 g/mol. The van der Waals surface area contributed by atoms with Gasteiger partial charge in [0.2, 0.25) is 5.90 Å². The van der Waals surface area contributed by atoms with Crippen molar-refractivity contribution in [1.29, 1.82) is 0 Å². The fraction of sp³-hybridized carbons (Fsp3) is 0.500. The number of aryl methyl sites for hydroxylation is 3. The third-order valence-electron chi connectivity index (χ3n) is 6.60. The SMILES string of the molecule is C/C(=N/N)OCCN(CCc1nn(-c2ccccc2)nc1C)Cc1cc(C)c(OC(C)(C)C(=O)OC(C)(C)C)c(C)c1. The van der Waals surface area contributed by atoms with Crippen LogP contribution in [0.3, 0.4) is 0 Å². The molecule has 2 N–H and O–H groups in total. The molecule has 0 aliphatic rings. The molecule has 0 aliphatic heterocycles. The monoisotopic (exact) mass is 578 g/mol. The second-order valence-electron chi connectivity index (χ2n) is 12.1. The summed E-state index contributed by atoms with van der Waals surface area (Å²) in [5.41, 5.74) is 4.08. The number of hydrogen-bond acceptors (Lipinski definition) is 9. The number of aromatic nitrogens is 3. The van der Waals surface area contributed by atoms with E-state index in [1.165, 1.54) is 0 Å². The second kappa shape index (κ2) is 13.8. The van der Waals surface area contributed by atoms with E-state index in [0.717, 1.165) is 46.7 Å². The highest BCUT2D eigenvalue weighted by molar-refractivity contribution is 5.79. The van der Waals surface area contributed by atoms with Crippen molar-refractivity contribution in [2.45, 2.75) is 86.5 Å². The number of hydrogen-bond donors (Lipinski definition) is 1. The zero-order valence-corrected chi connectivity index (χ0v) is 26.5. The number of carbonyl (C=O) groups is 1. The summed E-state index contributed by atoms with van der Waals surface area (Å²) in [5, 5.41) is 13.0. The van der Waals surface area contributed by atoms with Crippen LogP contribution in [0.5, 0.6) is 5.75 Å². The number of hydrazone groups is 1. The van der Waals surface area contributed by atoms with Crippen LogP contribution in [0, 0.1) is 20.8 Å². The summed E-state index contributed by atoms with van der Waals surface area (Å²) in [4.78, 5) is 16.8. The lowest BCUT2D eigenvalue weighted by Crippen LogP contribution is -2.43. The van der Waals surface area contributed by atoms with E-state index in [1.807, 2.05) is 71.9 Å². The van der Waals surface area contributed by atoms with E-state index < -0.39 is 17.2 Å². The van der Waals surface area contributed by atoms with Crippen molar-refractivity contribution in [2.75, 3.05) is 19.7 Å². The van der Waals surface area contributed by atoms with Gasteiger partial charge in [0.05, 0.1) is 17.1 Å². The molecule has 0 fully saturated rings. The topological polar surface area (TPSA) is 117 Å². The van der Waals surface area contributed by atoms with E-state index in [4.69, 9.17) is 25.2 Å². The highest BCUT2D eigenvalue weighted by Crippen LogP contribution is 2.30. The molecule has 3 rings (SSSR count). The zero-order valence-electron chi connectivity index (χ0n) is 26.5. The zero-order chi connectivity index (χ0) is 31.1. The van der Waals surface area contributed by atoms with Crippen LogP contribution >= 0.6 is 0 Å². The Hall–Kier alpha value is -3.92. The number of carbonyl (C=O) groups excluding carboxylic acids is 1. The average Bonchev–Trinajstić information content (AvgIpc) is 3.29. The van der Waals surface area contributed by atoms with Gasteiger partial charge in [-0.2, -0.15) is 15.0 Å². The van der Waals surface area contributed by atoms with Crippen LogP contribution < -0.4 is 10.6 Å². The summed E-state index contributed by atoms with van der Waals surface area (Å²) in [6.45, 7) is 19.3. The van der Waals surface area contributed by atoms with Crippen molar-refractivity contribution in [3.63, 3.8) is 0 Å². The Kier molecular flexibility index (Phi) is 10.7. The van der Waals surface area contributed by atoms with Crippen molar-refractivity contribution >= 4 is 11.9 Å². The first-order chi connectivity index (χ1) is 19.7. The summed E-state index contributed by atoms with van der Waals surface area (Å²) >= 11 is 0. The standard InChI is InChI=1S/C32H46N6O4/c1-22-19-26(20-23(2)29(22)41-32(8,9)30(39)42-31(5,6)7)21-37(17-18-40-25(4)34-33)16-15-28-24(3)35-38(36-28)27-13-11-10-12-14-27/h10-14,19-20H,15-18,21,33H2,1-9H3/b34-25-. The number of nitrogens with zero attached hydrogens (tertiary/aromatic N) is 5. The smallest absolute Gasteiger partial charge is 0.350 e. The number of rotatable bonds is 12. The Balaban J connectivity index is 1.76. The molecule has 42 heavy (non-hydrogen) atoms. The molecule has 0 saturated carbocycles. The molecule has 0 spiro atoms. The predicted molar refractivity (Wildman–Crippen MR) is 165 cm³/mol. The van der Waals surface area contributed by atoms with Crippen molar-refractivity contribution in [3.05, 3.63) is 70.5 Å². The molecule has 0 amide bonds. The van der Waals surface area contributed by atoms with Crippen LogP contribution in [0.4, 0.5) is 0 Å². The van der Waals surface area contributed by atoms with Gasteiger partial charge in [0.25, 0.3) is 0 Å². The first kappa shape index (κ1) is 32.6. The van der Waals surface area contributed by atoms with Gasteiger partial charge in [-0.05, 0) is 84.2 Å². The minimum atomic E-state index is -1.13. The molecule has 10 nitrogen and oxygen atoms in total. The molecule has 0 atom stereocenters. The molecule has 1 heterocycles. The first-order valence-corrected chi connectivity index (χ1v) is 14.3. The Labute approximate surface area is 249 Å². The molecular formula is C32H46N6O4. The minimum absolute atomic E-state index is 0.403. The van der Waals surface area contributed by atoms with E-state index in [2.05, 4.69) is 27.2 Å². The molecular weight excluding hydrogens is 532 g/mol. The quantitative estimate of drug-likeness (QED) is 0.104. The van der Waals surface area contributed by atoms with Gasteiger partial charge < -0.3 is 20.1 Å². The van der Waals surface area contributed by atoms with Gasteiger partial charge in [0, 0.05) is 33.0 Å². The van der Waals surface area contributed by atoms with E-state index >= 15 is 0 Å². The lowest BCUT2D eigenvalue weighted by molar-refractivity contribution is -0.171. The van der Waals surface area contributed by atoms with Gasteiger partial charge in [-0.25, -0.2) is 4.79 Å². The molecule has 0 unspecified atom stereocenters. The molecule has 0 saturated heterocycles. The Morgan fingerprint density at radius 3 is 2.24 bits per heavy atom. The Morgan fingerprint density at radius 2 is 1.64 bits per heavy atom. The largest absolute Gasteiger partial charge is 0.479 e. The van der Waals surface area contributed by atoms with Crippen LogP contribution in [-0.4, -0.2) is 62.7 Å². The number of ether oxygens (including phenoxy) is 3. The van der Waals surface area contributed by atoms with Crippen LogP contribution in [-0.2, 0) is 27.2 Å². The maximum absolute atomic E-state index is 12.8. The number of para-hydroxylation sites is 1. The third kappa shape index (κ3) is 9.30. The highest BCUT2D eigenvalue weighted by Gasteiger charge is 2.35. The Morgan fingerprint density at radius 1 is 1.00 bits per heavy atom. The van der Waals surface area contributed by atoms with Gasteiger partial charge >= 0.3 is 5.97 Å². The molecule has 228 valence electrons. The van der Waals surface area contributed by atoms with E-state index in [-0.39, 0.29) is 0 Å². The van der Waals surface area contributed by atoms with Crippen LogP contribution in [0.25, 0.3) is 5.69 Å². The lowest BCUT2D eigenvalue weighted by atomic mass is 10.0. The molecule has 0 radical (unpaired) electrons. The Bertz CT molecular complexity index is 1350. The number of benzene rings is 2. The van der Waals surface area contributed by atoms with Gasteiger partial charge in [-0.1, -0.05) is 30.3 Å². The van der Waals surface area contributed by atoms with Crippen molar-refractivity contribution in [3.8, 4) is 11.4 Å². The molecule has 3 aromatic rings. The van der Waals surface area contributed by atoms with Gasteiger partial charge in [0.15, 0.2) is 5.60 Å². The summed E-state index contributed by atoms with van der Waals surface area (Å²) < 4.78 is 17.5. The summed E-state index contributed by atoms with van der Waals surface area (Å²) in [5.74, 6) is 6.07. The summed E-state index contributed by atoms with van der Waals surface area (Å²) in [6.07, 6.45) is 0.728. The number of nitrogens with two attached hydrogens (primary N) is 1. The van der Waals surface area contributed by atoms with Crippen molar-refractivity contribution in [1.82, 2.24) is 19.9 Å². The van der Waals surface area contributed by atoms with Crippen LogP contribution in [0.2, 0.25) is 0 Å². The first-order valence-electron chi connectivity index (χ1n) is 14.3. The van der Waals surface area contributed by atoms with E-state index in [9.17, 15) is 4.79 Å². The molecule has 1 aromatic heterocycles. The molecule has 0 bridgehead atoms. The van der Waals surface area contributed by atoms with Gasteiger partial charge in [-0.15, -0.1) is 5.10 Å². The minimum Gasteiger partial charge on any atom is -0.479 e. The van der Waals surface area contributed by atoms with Crippen LogP contribution in [0.15, 0.2) is 47.6 Å². The van der Waals surface area contributed by atoms with E-state index in [0.29, 0.717) is 31.3 Å². The fourth-order valence-corrected chi connectivity index (χ4v) is 4.46. The molecule has 0 aliphatic carbocycles. The maximum Gasteiger partial charge on any atom is 0.350 e.